The Kier molecular flexibility index (Phi) is 3.03. The lowest BCUT2D eigenvalue weighted by molar-refractivity contribution is -0.131. The minimum atomic E-state index is -0.393. The van der Waals surface area contributed by atoms with Crippen molar-refractivity contribution in [1.82, 2.24) is 0 Å². The molecule has 0 unspecified atom stereocenters. The summed E-state index contributed by atoms with van der Waals surface area (Å²) in [6.45, 7) is 2.60. The van der Waals surface area contributed by atoms with Crippen LogP contribution in [0.3, 0.4) is 0 Å². The lowest BCUT2D eigenvalue weighted by Crippen LogP contribution is -2.00. The third-order valence-electron chi connectivity index (χ3n) is 1.24. The van der Waals surface area contributed by atoms with E-state index in [1.807, 2.05) is 0 Å². The van der Waals surface area contributed by atoms with Crippen LogP contribution in [0.2, 0.25) is 0 Å². The Morgan fingerprint density at radius 3 is 2.23 bits per heavy atom. The van der Waals surface area contributed by atoms with Crippen molar-refractivity contribution in [3.63, 3.8) is 0 Å². The van der Waals surface area contributed by atoms with Gasteiger partial charge in [0.2, 0.25) is 0 Å². The third-order valence-corrected chi connectivity index (χ3v) is 1.24. The Labute approximate surface area is 75.1 Å². The normalized spacial score (nSPS) is 9.00. The van der Waals surface area contributed by atoms with E-state index in [4.69, 9.17) is 4.74 Å². The van der Waals surface area contributed by atoms with E-state index in [0.29, 0.717) is 11.5 Å². The molecule has 1 radical (unpaired) electrons. The van der Waals surface area contributed by atoms with Gasteiger partial charge in [-0.1, -0.05) is 0 Å². The van der Waals surface area contributed by atoms with Crippen molar-refractivity contribution in [3.8, 4) is 11.5 Å². The molecule has 0 saturated carbocycles. The Balaban J connectivity index is 2.69. The largest absolute Gasteiger partial charge is 0.427 e. The molecule has 0 bridgehead atoms. The third kappa shape index (κ3) is 2.94. The maximum atomic E-state index is 10.5. The van der Waals surface area contributed by atoms with E-state index in [1.54, 1.807) is 0 Å². The fourth-order valence-corrected chi connectivity index (χ4v) is 0.790. The summed E-state index contributed by atoms with van der Waals surface area (Å²) < 4.78 is 9.17. The summed E-state index contributed by atoms with van der Waals surface area (Å²) in [6, 6.07) is 6.05. The molecule has 0 aliphatic carbocycles. The van der Waals surface area contributed by atoms with Crippen LogP contribution in [0.15, 0.2) is 24.3 Å². The van der Waals surface area contributed by atoms with Crippen LogP contribution >= 0.6 is 0 Å². The zero-order valence-corrected chi connectivity index (χ0v) is 6.94. The van der Waals surface area contributed by atoms with Gasteiger partial charge in [0, 0.05) is 6.92 Å². The smallest absolute Gasteiger partial charge is 0.423 e. The second kappa shape index (κ2) is 4.25. The Hall–Kier alpha value is -1.84. The van der Waals surface area contributed by atoms with E-state index in [1.165, 1.54) is 37.7 Å². The maximum Gasteiger partial charge on any atom is 0.423 e. The summed E-state index contributed by atoms with van der Waals surface area (Å²) in [5, 5.41) is 0. The van der Waals surface area contributed by atoms with E-state index in [0.717, 1.165) is 0 Å². The van der Waals surface area contributed by atoms with Crippen molar-refractivity contribution < 1.29 is 19.1 Å². The summed E-state index contributed by atoms with van der Waals surface area (Å²) in [7, 11) is 0. The molecule has 0 amide bonds. The van der Waals surface area contributed by atoms with E-state index < -0.39 is 5.97 Å². The van der Waals surface area contributed by atoms with Crippen molar-refractivity contribution >= 4 is 12.4 Å². The topological polar surface area (TPSA) is 52.6 Å². The average molecular weight is 179 g/mol. The van der Waals surface area contributed by atoms with Crippen molar-refractivity contribution in [2.75, 3.05) is 0 Å². The molecule has 0 aromatic heterocycles. The quantitative estimate of drug-likeness (QED) is 0.514. The number of benzene rings is 1. The van der Waals surface area contributed by atoms with Gasteiger partial charge in [0.25, 0.3) is 0 Å². The molecule has 4 nitrogen and oxygen atoms in total. The predicted molar refractivity (Wildman–Crippen MR) is 44.1 cm³/mol. The van der Waals surface area contributed by atoms with Crippen LogP contribution in [0.5, 0.6) is 11.5 Å². The fourth-order valence-electron chi connectivity index (χ4n) is 0.790. The van der Waals surface area contributed by atoms with Gasteiger partial charge in [-0.05, 0) is 24.3 Å². The molecule has 0 aliphatic heterocycles. The number of carbonyl (C=O) groups excluding carboxylic acids is 2. The molecular weight excluding hydrogens is 172 g/mol. The Morgan fingerprint density at radius 1 is 1.23 bits per heavy atom. The molecule has 13 heavy (non-hydrogen) atoms. The van der Waals surface area contributed by atoms with E-state index in [2.05, 4.69) is 4.74 Å². The van der Waals surface area contributed by atoms with Crippen molar-refractivity contribution in [2.45, 2.75) is 6.92 Å². The van der Waals surface area contributed by atoms with Crippen LogP contribution in [0.25, 0.3) is 0 Å². The van der Waals surface area contributed by atoms with Gasteiger partial charge in [-0.15, -0.1) is 0 Å². The van der Waals surface area contributed by atoms with Crippen LogP contribution < -0.4 is 9.47 Å². The first-order valence-electron chi connectivity index (χ1n) is 3.55. The van der Waals surface area contributed by atoms with Gasteiger partial charge in [-0.2, -0.15) is 0 Å². The zero-order chi connectivity index (χ0) is 9.68. The van der Waals surface area contributed by atoms with Gasteiger partial charge in [0.05, 0.1) is 0 Å². The summed E-state index contributed by atoms with van der Waals surface area (Å²) in [5.41, 5.74) is 0. The maximum absolute atomic E-state index is 10.5. The van der Waals surface area contributed by atoms with Crippen LogP contribution in [0.1, 0.15) is 6.92 Å². The first-order valence-corrected chi connectivity index (χ1v) is 3.55. The molecule has 0 N–H and O–H groups in total. The molecular formula is C9H7O4. The molecule has 67 valence electrons. The van der Waals surface area contributed by atoms with Gasteiger partial charge >= 0.3 is 12.4 Å². The van der Waals surface area contributed by atoms with Gasteiger partial charge in [-0.3, -0.25) is 4.79 Å². The lowest BCUT2D eigenvalue weighted by Gasteiger charge is -2.00. The van der Waals surface area contributed by atoms with Crippen LogP contribution in [0, 0.1) is 0 Å². The number of ether oxygens (including phenoxy) is 2. The van der Waals surface area contributed by atoms with Gasteiger partial charge in [0.1, 0.15) is 11.5 Å². The predicted octanol–water partition coefficient (Wildman–Crippen LogP) is 1.06. The molecule has 0 atom stereocenters. The molecule has 0 fully saturated rings. The fraction of sp³-hybridized carbons (Fsp3) is 0.111. The highest BCUT2D eigenvalue weighted by Gasteiger charge is 1.98. The van der Waals surface area contributed by atoms with Crippen LogP contribution in [0.4, 0.5) is 0 Å². The van der Waals surface area contributed by atoms with Crippen molar-refractivity contribution in [3.05, 3.63) is 24.3 Å². The molecule has 0 heterocycles. The minimum Gasteiger partial charge on any atom is -0.427 e. The highest BCUT2D eigenvalue weighted by molar-refractivity contribution is 5.69. The number of esters is 1. The molecule has 1 rings (SSSR count). The minimum absolute atomic E-state index is 0.353. The lowest BCUT2D eigenvalue weighted by atomic mass is 10.3. The standard InChI is InChI=1S/C9H7O4/c1-7(11)13-9-4-2-8(3-5-9)12-6-10/h2-5H,1H3. The monoisotopic (exact) mass is 179 g/mol. The van der Waals surface area contributed by atoms with E-state index in [-0.39, 0.29) is 0 Å². The molecule has 4 heteroatoms. The highest BCUT2D eigenvalue weighted by atomic mass is 16.5. The molecule has 1 aromatic rings. The van der Waals surface area contributed by atoms with Crippen LogP contribution in [-0.2, 0) is 9.59 Å². The summed E-state index contributed by atoms with van der Waals surface area (Å²) in [6.07, 6.45) is 0. The zero-order valence-electron chi connectivity index (χ0n) is 6.94. The van der Waals surface area contributed by atoms with Crippen molar-refractivity contribution in [2.24, 2.45) is 0 Å². The van der Waals surface area contributed by atoms with Gasteiger partial charge in [-0.25, -0.2) is 4.79 Å². The molecule has 0 saturated heterocycles. The van der Waals surface area contributed by atoms with Gasteiger partial charge in [0.15, 0.2) is 0 Å². The van der Waals surface area contributed by atoms with E-state index in [9.17, 15) is 9.59 Å². The molecule has 0 spiro atoms. The number of hydrogen-bond acceptors (Lipinski definition) is 4. The number of hydrogen-bond donors (Lipinski definition) is 0. The summed E-state index contributed by atoms with van der Waals surface area (Å²) in [5.74, 6) is 0.368. The Bertz CT molecular complexity index is 302. The second-order valence-corrected chi connectivity index (χ2v) is 2.25. The van der Waals surface area contributed by atoms with Crippen LogP contribution in [-0.4, -0.2) is 12.4 Å². The van der Waals surface area contributed by atoms with E-state index >= 15 is 0 Å². The average Bonchev–Trinajstić information content (AvgIpc) is 2.08. The highest BCUT2D eigenvalue weighted by Crippen LogP contribution is 2.16. The molecule has 0 aliphatic rings. The summed E-state index contributed by atoms with van der Waals surface area (Å²) in [4.78, 5) is 20.3. The van der Waals surface area contributed by atoms with Crippen molar-refractivity contribution in [1.29, 1.82) is 0 Å². The second-order valence-electron chi connectivity index (χ2n) is 2.25. The SMILES string of the molecule is CC(=O)Oc1ccc(O[C]=O)cc1. The number of carbonyl (C=O) groups is 1. The Morgan fingerprint density at radius 2 is 1.77 bits per heavy atom. The number of rotatable bonds is 3. The first kappa shape index (κ1) is 9.25. The van der Waals surface area contributed by atoms with Gasteiger partial charge < -0.3 is 9.47 Å². The first-order chi connectivity index (χ1) is 6.22. The molecule has 1 aromatic carbocycles. The summed E-state index contributed by atoms with van der Waals surface area (Å²) >= 11 is 0.